The Morgan fingerprint density at radius 1 is 1.00 bits per heavy atom. The summed E-state index contributed by atoms with van der Waals surface area (Å²) >= 11 is 0. The Labute approximate surface area is 187 Å². The molecular weight excluding hydrogens is 429 g/mol. The van der Waals surface area contributed by atoms with Crippen molar-refractivity contribution < 1.29 is 28.7 Å². The lowest BCUT2D eigenvalue weighted by Crippen LogP contribution is -2.54. The van der Waals surface area contributed by atoms with Crippen molar-refractivity contribution in [2.45, 2.75) is 13.8 Å². The van der Waals surface area contributed by atoms with Crippen LogP contribution in [0.1, 0.15) is 27.3 Å². The zero-order chi connectivity index (χ0) is 23.9. The van der Waals surface area contributed by atoms with E-state index in [2.05, 4.69) is 5.32 Å². The molecule has 33 heavy (non-hydrogen) atoms. The van der Waals surface area contributed by atoms with E-state index in [1.54, 1.807) is 36.6 Å². The highest BCUT2D eigenvalue weighted by molar-refractivity contribution is 6.39. The SMILES string of the molecule is Cc1cc(/C=C2\C(=O)NC(=O)N(c3ccc(F)cc3)C2=O)c(C)n1-c1cccc(C(=O)[O-])c1. The number of aromatic nitrogens is 1. The molecule has 4 rings (SSSR count). The van der Waals surface area contributed by atoms with E-state index in [0.717, 1.165) is 22.7 Å². The van der Waals surface area contributed by atoms with Gasteiger partial charge in [-0.25, -0.2) is 14.1 Å². The van der Waals surface area contributed by atoms with E-state index >= 15 is 0 Å². The highest BCUT2D eigenvalue weighted by atomic mass is 19.1. The Morgan fingerprint density at radius 3 is 2.36 bits per heavy atom. The molecule has 1 aliphatic rings. The Morgan fingerprint density at radius 2 is 1.70 bits per heavy atom. The molecule has 0 unspecified atom stereocenters. The van der Waals surface area contributed by atoms with Crippen molar-refractivity contribution in [3.05, 3.63) is 88.5 Å². The van der Waals surface area contributed by atoms with Crippen LogP contribution in [0.25, 0.3) is 11.8 Å². The second-order valence-electron chi connectivity index (χ2n) is 7.43. The number of nitrogens with one attached hydrogen (secondary N) is 1. The van der Waals surface area contributed by atoms with Crippen LogP contribution in [-0.2, 0) is 9.59 Å². The highest BCUT2D eigenvalue weighted by Crippen LogP contribution is 2.26. The number of nitrogens with zero attached hydrogens (tertiary/aromatic N) is 2. The number of imide groups is 2. The molecule has 2 heterocycles. The number of amides is 4. The molecule has 0 atom stereocenters. The fraction of sp³-hybridized carbons (Fsp3) is 0.0833. The van der Waals surface area contributed by atoms with Crippen molar-refractivity contribution in [2.24, 2.45) is 0 Å². The summed E-state index contributed by atoms with van der Waals surface area (Å²) in [5.41, 5.74) is 2.31. The third-order valence-corrected chi connectivity index (χ3v) is 5.30. The number of carboxylic acids is 1. The summed E-state index contributed by atoms with van der Waals surface area (Å²) in [7, 11) is 0. The van der Waals surface area contributed by atoms with Crippen LogP contribution in [0, 0.1) is 19.7 Å². The number of carbonyl (C=O) groups excluding carboxylic acids is 4. The molecular formula is C24H17FN3O5-. The second-order valence-corrected chi connectivity index (χ2v) is 7.43. The summed E-state index contributed by atoms with van der Waals surface area (Å²) in [4.78, 5) is 49.8. The van der Waals surface area contributed by atoms with Gasteiger partial charge in [-0.1, -0.05) is 12.1 Å². The van der Waals surface area contributed by atoms with Crippen LogP contribution in [0.4, 0.5) is 14.9 Å². The van der Waals surface area contributed by atoms with E-state index in [1.807, 2.05) is 0 Å². The van der Waals surface area contributed by atoms with Gasteiger partial charge in [-0.05, 0) is 73.5 Å². The maximum Gasteiger partial charge on any atom is 0.335 e. The number of urea groups is 1. The third-order valence-electron chi connectivity index (χ3n) is 5.30. The summed E-state index contributed by atoms with van der Waals surface area (Å²) in [6.45, 7) is 3.54. The lowest BCUT2D eigenvalue weighted by molar-refractivity contribution is -0.255. The van der Waals surface area contributed by atoms with Crippen LogP contribution in [0.15, 0.2) is 60.2 Å². The molecule has 2 aromatic carbocycles. The number of aromatic carboxylic acids is 1. The fourth-order valence-corrected chi connectivity index (χ4v) is 3.74. The second kappa shape index (κ2) is 8.19. The molecule has 0 spiro atoms. The number of carboxylic acid groups (broad SMARTS) is 1. The average Bonchev–Trinajstić information content (AvgIpc) is 3.05. The van der Waals surface area contributed by atoms with Crippen LogP contribution in [0.2, 0.25) is 0 Å². The molecule has 1 N–H and O–H groups in total. The Kier molecular flexibility index (Phi) is 5.39. The van der Waals surface area contributed by atoms with Crippen LogP contribution < -0.4 is 15.3 Å². The monoisotopic (exact) mass is 446 g/mol. The first-order chi connectivity index (χ1) is 15.7. The van der Waals surface area contributed by atoms with Crippen LogP contribution in [0.5, 0.6) is 0 Å². The number of rotatable bonds is 4. The molecule has 1 saturated heterocycles. The van der Waals surface area contributed by atoms with Gasteiger partial charge in [0.1, 0.15) is 11.4 Å². The Hall–Kier alpha value is -4.53. The van der Waals surface area contributed by atoms with E-state index in [9.17, 15) is 28.7 Å². The lowest BCUT2D eigenvalue weighted by Gasteiger charge is -2.26. The van der Waals surface area contributed by atoms with Crippen molar-refractivity contribution in [1.29, 1.82) is 0 Å². The van der Waals surface area contributed by atoms with Gasteiger partial charge >= 0.3 is 6.03 Å². The van der Waals surface area contributed by atoms with Crippen molar-refractivity contribution in [1.82, 2.24) is 9.88 Å². The predicted octanol–water partition coefficient (Wildman–Crippen LogP) is 2.26. The van der Waals surface area contributed by atoms with E-state index in [1.165, 1.54) is 30.3 Å². The molecule has 9 heteroatoms. The van der Waals surface area contributed by atoms with Gasteiger partial charge < -0.3 is 14.5 Å². The van der Waals surface area contributed by atoms with Gasteiger partial charge in [0.2, 0.25) is 0 Å². The van der Waals surface area contributed by atoms with Gasteiger partial charge in [-0.3, -0.25) is 14.9 Å². The van der Waals surface area contributed by atoms with Gasteiger partial charge in [-0.2, -0.15) is 0 Å². The molecule has 1 aliphatic heterocycles. The lowest BCUT2D eigenvalue weighted by atomic mass is 10.1. The topological polar surface area (TPSA) is 112 Å². The number of anilines is 1. The summed E-state index contributed by atoms with van der Waals surface area (Å²) in [6, 6.07) is 11.7. The normalized spacial score (nSPS) is 15.2. The zero-order valence-electron chi connectivity index (χ0n) is 17.6. The molecule has 166 valence electrons. The first-order valence-corrected chi connectivity index (χ1v) is 9.85. The highest BCUT2D eigenvalue weighted by Gasteiger charge is 2.37. The summed E-state index contributed by atoms with van der Waals surface area (Å²) in [5.74, 6) is -3.55. The first-order valence-electron chi connectivity index (χ1n) is 9.85. The Balaban J connectivity index is 1.76. The maximum absolute atomic E-state index is 13.3. The molecule has 3 aromatic rings. The molecule has 1 fully saturated rings. The number of aryl methyl sites for hydroxylation is 1. The molecule has 0 radical (unpaired) electrons. The molecule has 8 nitrogen and oxygen atoms in total. The minimum atomic E-state index is -1.31. The maximum atomic E-state index is 13.3. The fourth-order valence-electron chi connectivity index (χ4n) is 3.74. The number of hydrogen-bond acceptors (Lipinski definition) is 5. The minimum absolute atomic E-state index is 0.00944. The van der Waals surface area contributed by atoms with Crippen molar-refractivity contribution in [3.63, 3.8) is 0 Å². The van der Waals surface area contributed by atoms with E-state index < -0.39 is 29.6 Å². The number of barbiturate groups is 1. The van der Waals surface area contributed by atoms with Crippen molar-refractivity contribution in [2.75, 3.05) is 4.90 Å². The van der Waals surface area contributed by atoms with Crippen molar-refractivity contribution in [3.8, 4) is 5.69 Å². The molecule has 4 amide bonds. The predicted molar refractivity (Wildman–Crippen MR) is 115 cm³/mol. The number of hydrogen-bond donors (Lipinski definition) is 1. The quantitative estimate of drug-likeness (QED) is 0.488. The van der Waals surface area contributed by atoms with Gasteiger partial charge in [0, 0.05) is 17.1 Å². The zero-order valence-corrected chi connectivity index (χ0v) is 17.6. The first kappa shape index (κ1) is 21.7. The average molecular weight is 446 g/mol. The molecule has 1 aromatic heterocycles. The number of halogens is 1. The standard InChI is InChI=1S/C24H18FN3O5/c1-13-10-16(14(2)27(13)19-5-3-4-15(11-19)23(31)32)12-20-21(29)26-24(33)28(22(20)30)18-8-6-17(25)7-9-18/h3-12H,1-2H3,(H,31,32)(H,26,29,33)/p-1/b20-12+. The molecule has 0 saturated carbocycles. The molecule has 0 bridgehead atoms. The van der Waals surface area contributed by atoms with E-state index in [0.29, 0.717) is 16.9 Å². The third kappa shape index (κ3) is 3.91. The van der Waals surface area contributed by atoms with Crippen LogP contribution in [0.3, 0.4) is 0 Å². The van der Waals surface area contributed by atoms with Crippen molar-refractivity contribution >= 4 is 35.6 Å². The van der Waals surface area contributed by atoms with E-state index in [-0.39, 0.29) is 16.8 Å². The van der Waals surface area contributed by atoms with Crippen LogP contribution >= 0.6 is 0 Å². The summed E-state index contributed by atoms with van der Waals surface area (Å²) in [5, 5.41) is 13.3. The number of benzene rings is 2. The van der Waals surface area contributed by atoms with Gasteiger partial charge in [0.05, 0.1) is 11.7 Å². The summed E-state index contributed by atoms with van der Waals surface area (Å²) < 4.78 is 15.0. The van der Waals surface area contributed by atoms with E-state index in [4.69, 9.17) is 0 Å². The van der Waals surface area contributed by atoms with Gasteiger partial charge in [0.25, 0.3) is 11.8 Å². The van der Waals surface area contributed by atoms with Gasteiger partial charge in [-0.15, -0.1) is 0 Å². The molecule has 0 aliphatic carbocycles. The largest absolute Gasteiger partial charge is 0.545 e. The van der Waals surface area contributed by atoms with Gasteiger partial charge in [0.15, 0.2) is 0 Å². The minimum Gasteiger partial charge on any atom is -0.545 e. The Bertz CT molecular complexity index is 1350. The number of carbonyl (C=O) groups is 4. The smallest absolute Gasteiger partial charge is 0.335 e. The van der Waals surface area contributed by atoms with Crippen LogP contribution in [-0.4, -0.2) is 28.4 Å². The summed E-state index contributed by atoms with van der Waals surface area (Å²) in [6.07, 6.45) is 1.36.